The lowest BCUT2D eigenvalue weighted by Gasteiger charge is -2.20. The number of ether oxygens (including phenoxy) is 1. The summed E-state index contributed by atoms with van der Waals surface area (Å²) in [4.78, 5) is 38.1. The van der Waals surface area contributed by atoms with Gasteiger partial charge in [0.25, 0.3) is 11.8 Å². The lowest BCUT2D eigenvalue weighted by atomic mass is 9.87. The van der Waals surface area contributed by atoms with Gasteiger partial charge in [0.2, 0.25) is 0 Å². The minimum atomic E-state index is -0.521. The summed E-state index contributed by atoms with van der Waals surface area (Å²) in [5, 5.41) is 2.71. The zero-order valence-corrected chi connectivity index (χ0v) is 18.8. The second kappa shape index (κ2) is 11.3. The minimum Gasteiger partial charge on any atom is -0.456 e. The van der Waals surface area contributed by atoms with Crippen molar-refractivity contribution in [1.82, 2.24) is 10.2 Å². The monoisotopic (exact) mass is 424 g/mol. The van der Waals surface area contributed by atoms with E-state index in [1.807, 2.05) is 49.4 Å². The summed E-state index contributed by atoms with van der Waals surface area (Å²) in [6, 6.07) is 17.1. The molecule has 0 aliphatic carbocycles. The highest BCUT2D eigenvalue weighted by Gasteiger charge is 2.16. The number of carbonyl (C=O) groups excluding carboxylic acids is 3. The summed E-state index contributed by atoms with van der Waals surface area (Å²) in [6.07, 6.45) is 0.00387. The van der Waals surface area contributed by atoms with Crippen LogP contribution in [0.3, 0.4) is 0 Å². The van der Waals surface area contributed by atoms with Crippen molar-refractivity contribution in [3.63, 3.8) is 0 Å². The lowest BCUT2D eigenvalue weighted by Crippen LogP contribution is -2.34. The molecule has 0 unspecified atom stereocenters. The summed E-state index contributed by atoms with van der Waals surface area (Å²) >= 11 is 0. The van der Waals surface area contributed by atoms with Crippen molar-refractivity contribution >= 4 is 17.8 Å². The zero-order valence-electron chi connectivity index (χ0n) is 18.8. The van der Waals surface area contributed by atoms with Crippen molar-refractivity contribution in [2.45, 2.75) is 46.1 Å². The number of esters is 1. The maximum Gasteiger partial charge on any atom is 0.308 e. The van der Waals surface area contributed by atoms with Crippen LogP contribution in [0.2, 0.25) is 0 Å². The Morgan fingerprint density at radius 3 is 2.19 bits per heavy atom. The third-order valence-electron chi connectivity index (χ3n) is 4.94. The molecule has 6 nitrogen and oxygen atoms in total. The number of hydrogen-bond donors (Lipinski definition) is 1. The van der Waals surface area contributed by atoms with Gasteiger partial charge in [-0.1, -0.05) is 63.2 Å². The molecule has 31 heavy (non-hydrogen) atoms. The molecule has 0 atom stereocenters. The molecule has 0 fully saturated rings. The van der Waals surface area contributed by atoms with Gasteiger partial charge < -0.3 is 15.0 Å². The molecule has 0 aliphatic rings. The third-order valence-corrected chi connectivity index (χ3v) is 4.94. The molecule has 166 valence electrons. The summed E-state index contributed by atoms with van der Waals surface area (Å²) in [6.45, 7) is 9.05. The van der Waals surface area contributed by atoms with Crippen LogP contribution in [0.5, 0.6) is 0 Å². The van der Waals surface area contributed by atoms with E-state index in [0.29, 0.717) is 18.7 Å². The largest absolute Gasteiger partial charge is 0.456 e. The Bertz CT molecular complexity index is 871. The summed E-state index contributed by atoms with van der Waals surface area (Å²) < 4.78 is 5.08. The van der Waals surface area contributed by atoms with Gasteiger partial charge in [-0.3, -0.25) is 14.4 Å². The van der Waals surface area contributed by atoms with E-state index in [4.69, 9.17) is 4.74 Å². The molecule has 6 heteroatoms. The molecule has 2 aromatic carbocycles. The Labute approximate surface area is 184 Å². The number of benzene rings is 2. The first-order valence-electron chi connectivity index (χ1n) is 10.6. The van der Waals surface area contributed by atoms with Crippen molar-refractivity contribution in [3.05, 3.63) is 71.3 Å². The Hall–Kier alpha value is -3.15. The minimum absolute atomic E-state index is 0.00387. The van der Waals surface area contributed by atoms with Crippen LogP contribution in [-0.4, -0.2) is 42.4 Å². The smallest absolute Gasteiger partial charge is 0.308 e. The Morgan fingerprint density at radius 1 is 0.968 bits per heavy atom. The van der Waals surface area contributed by atoms with Crippen LogP contribution in [0.1, 0.15) is 55.6 Å². The number of hydrogen-bond acceptors (Lipinski definition) is 4. The molecule has 0 aliphatic heterocycles. The maximum absolute atomic E-state index is 12.3. The number of likely N-dealkylation sites (N-methyl/N-ethyl adjacent to an activating group) is 1. The second-order valence-corrected chi connectivity index (χ2v) is 8.39. The quantitative estimate of drug-likeness (QED) is 0.623. The van der Waals surface area contributed by atoms with Crippen molar-refractivity contribution in [2.75, 3.05) is 19.7 Å². The van der Waals surface area contributed by atoms with Crippen LogP contribution in [0, 0.1) is 0 Å². The molecule has 0 saturated heterocycles. The molecule has 2 aromatic rings. The second-order valence-electron chi connectivity index (χ2n) is 8.39. The third kappa shape index (κ3) is 7.89. The Kier molecular flexibility index (Phi) is 8.79. The van der Waals surface area contributed by atoms with Gasteiger partial charge in [-0.25, -0.2) is 0 Å². The fraction of sp³-hybridized carbons (Fsp3) is 0.400. The van der Waals surface area contributed by atoms with Crippen molar-refractivity contribution in [2.24, 2.45) is 0 Å². The van der Waals surface area contributed by atoms with Gasteiger partial charge in [0, 0.05) is 25.2 Å². The van der Waals surface area contributed by atoms with Crippen molar-refractivity contribution in [3.8, 4) is 0 Å². The first-order chi connectivity index (χ1) is 14.7. The average molecular weight is 425 g/mol. The molecule has 0 radical (unpaired) electrons. The molecule has 2 rings (SSSR count). The van der Waals surface area contributed by atoms with Gasteiger partial charge in [0.15, 0.2) is 6.61 Å². The number of rotatable bonds is 9. The molecule has 0 saturated carbocycles. The van der Waals surface area contributed by atoms with E-state index in [9.17, 15) is 14.4 Å². The SMILES string of the molecule is CCN(Cc1ccccc1)C(=O)COC(=O)CCNC(=O)c1ccc(C(C)(C)C)cc1. The standard InChI is InChI=1S/C25H32N2O4/c1-5-27(17-19-9-7-6-8-10-19)22(28)18-31-23(29)15-16-26-24(30)20-11-13-21(14-12-20)25(2,3)4/h6-14H,5,15-18H2,1-4H3,(H,26,30). The van der Waals surface area contributed by atoms with Crippen LogP contribution < -0.4 is 5.32 Å². The molecule has 1 N–H and O–H groups in total. The van der Waals surface area contributed by atoms with Crippen LogP contribution in [0.4, 0.5) is 0 Å². The maximum atomic E-state index is 12.3. The van der Waals surface area contributed by atoms with Gasteiger partial charge in [-0.2, -0.15) is 0 Å². The van der Waals surface area contributed by atoms with Crippen LogP contribution in [0.15, 0.2) is 54.6 Å². The van der Waals surface area contributed by atoms with E-state index >= 15 is 0 Å². The van der Waals surface area contributed by atoms with E-state index in [2.05, 4.69) is 26.1 Å². The highest BCUT2D eigenvalue weighted by Crippen LogP contribution is 2.22. The van der Waals surface area contributed by atoms with E-state index in [1.54, 1.807) is 17.0 Å². The van der Waals surface area contributed by atoms with Crippen LogP contribution in [-0.2, 0) is 26.3 Å². The van der Waals surface area contributed by atoms with E-state index in [-0.39, 0.29) is 36.8 Å². The van der Waals surface area contributed by atoms with E-state index in [0.717, 1.165) is 11.1 Å². The Morgan fingerprint density at radius 2 is 1.61 bits per heavy atom. The average Bonchev–Trinajstić information content (AvgIpc) is 2.76. The van der Waals surface area contributed by atoms with Gasteiger partial charge in [-0.05, 0) is 35.6 Å². The van der Waals surface area contributed by atoms with Gasteiger partial charge in [0.05, 0.1) is 6.42 Å². The topological polar surface area (TPSA) is 75.7 Å². The highest BCUT2D eigenvalue weighted by atomic mass is 16.5. The van der Waals surface area contributed by atoms with Gasteiger partial charge >= 0.3 is 5.97 Å². The molecule has 0 bridgehead atoms. The molecule has 0 heterocycles. The fourth-order valence-electron chi connectivity index (χ4n) is 2.99. The predicted molar refractivity (Wildman–Crippen MR) is 121 cm³/mol. The number of amides is 2. The summed E-state index contributed by atoms with van der Waals surface area (Å²) in [5.41, 5.74) is 2.72. The van der Waals surface area contributed by atoms with Crippen LogP contribution in [0.25, 0.3) is 0 Å². The molecular formula is C25H32N2O4. The van der Waals surface area contributed by atoms with Gasteiger partial charge in [0.1, 0.15) is 0 Å². The fourth-order valence-corrected chi connectivity index (χ4v) is 2.99. The first kappa shape index (κ1) is 24.1. The number of nitrogens with one attached hydrogen (secondary N) is 1. The molecule has 2 amide bonds. The molecule has 0 aromatic heterocycles. The molecule has 0 spiro atoms. The highest BCUT2D eigenvalue weighted by molar-refractivity contribution is 5.94. The number of carbonyl (C=O) groups is 3. The predicted octanol–water partition coefficient (Wildman–Crippen LogP) is 3.70. The van der Waals surface area contributed by atoms with Gasteiger partial charge in [-0.15, -0.1) is 0 Å². The number of nitrogens with zero attached hydrogens (tertiary/aromatic N) is 1. The normalized spacial score (nSPS) is 11.0. The van der Waals surface area contributed by atoms with E-state index < -0.39 is 5.97 Å². The van der Waals surface area contributed by atoms with E-state index in [1.165, 1.54) is 0 Å². The summed E-state index contributed by atoms with van der Waals surface area (Å²) in [5.74, 6) is -1.01. The van der Waals surface area contributed by atoms with Crippen molar-refractivity contribution < 1.29 is 19.1 Å². The molecular weight excluding hydrogens is 392 g/mol. The van der Waals surface area contributed by atoms with Crippen molar-refractivity contribution in [1.29, 1.82) is 0 Å². The lowest BCUT2D eigenvalue weighted by molar-refractivity contribution is -0.152. The first-order valence-corrected chi connectivity index (χ1v) is 10.6. The zero-order chi connectivity index (χ0) is 22.9. The Balaban J connectivity index is 1.72. The van der Waals surface area contributed by atoms with Crippen LogP contribution >= 0.6 is 0 Å². The summed E-state index contributed by atoms with van der Waals surface area (Å²) in [7, 11) is 0.